The van der Waals surface area contributed by atoms with Crippen molar-refractivity contribution in [3.63, 3.8) is 0 Å². The summed E-state index contributed by atoms with van der Waals surface area (Å²) in [6.45, 7) is 0. The van der Waals surface area contributed by atoms with Gasteiger partial charge >= 0.3 is 41.5 Å². The predicted octanol–water partition coefficient (Wildman–Crippen LogP) is -1.17. The van der Waals surface area contributed by atoms with Crippen LogP contribution in [0.4, 0.5) is 0 Å². The normalized spacial score (nSPS) is 10.9. The predicted molar refractivity (Wildman–Crippen MR) is 34.7 cm³/mol. The minimum atomic E-state index is -1.89. The van der Waals surface area contributed by atoms with Gasteiger partial charge in [-0.15, -0.1) is 0 Å². The summed E-state index contributed by atoms with van der Waals surface area (Å²) in [6, 6.07) is 0. The molecule has 0 aromatic heterocycles. The molecule has 11 heavy (non-hydrogen) atoms. The van der Waals surface area contributed by atoms with Crippen LogP contribution in [0.25, 0.3) is 0 Å². The summed E-state index contributed by atoms with van der Waals surface area (Å²) in [5, 5.41) is 32.2. The minimum absolute atomic E-state index is 0. The number of carboxylic acid groups (broad SMARTS) is 2. The average Bonchev–Trinajstić information content (AvgIpc) is 1.84. The maximum atomic E-state index is 9.71. The van der Waals surface area contributed by atoms with Gasteiger partial charge in [0.05, 0.1) is 0 Å². The van der Waals surface area contributed by atoms with E-state index >= 15 is 0 Å². The first-order valence-electron chi connectivity index (χ1n) is 2.05. The molecule has 0 saturated heterocycles. The first-order valence-corrected chi connectivity index (χ1v) is 2.05. The van der Waals surface area contributed by atoms with Crippen LogP contribution < -0.4 is 0 Å². The van der Waals surface area contributed by atoms with Crippen LogP contribution >= 0.6 is 0 Å². The van der Waals surface area contributed by atoms with E-state index in [0.717, 1.165) is 0 Å². The second-order valence-corrected chi connectivity index (χ2v) is 1.31. The van der Waals surface area contributed by atoms with Crippen LogP contribution in [-0.4, -0.2) is 61.9 Å². The molecule has 6 nitrogen and oxygen atoms in total. The number of aliphatic hydroxyl groups excluding tert-OH is 2. The van der Waals surface area contributed by atoms with Crippen LogP contribution in [0.5, 0.6) is 0 Å². The number of carbonyl (C=O) groups is 2. The zero-order valence-corrected chi connectivity index (χ0v) is 4.61. The summed E-state index contributed by atoms with van der Waals surface area (Å²) in [7, 11) is 0. The van der Waals surface area contributed by atoms with Crippen LogP contribution in [0.2, 0.25) is 0 Å². The molecule has 0 radical (unpaired) electrons. The Kier molecular flexibility index (Phi) is 5.87. The molecule has 0 aliphatic rings. The van der Waals surface area contributed by atoms with E-state index in [1.165, 1.54) is 0 Å². The van der Waals surface area contributed by atoms with Crippen LogP contribution in [0.3, 0.4) is 0 Å². The molecule has 0 aromatic rings. The molecule has 0 saturated carbocycles. The van der Waals surface area contributed by atoms with Crippen molar-refractivity contribution in [2.75, 3.05) is 0 Å². The van der Waals surface area contributed by atoms with Crippen molar-refractivity contribution in [1.29, 1.82) is 0 Å². The van der Waals surface area contributed by atoms with Gasteiger partial charge in [-0.2, -0.15) is 0 Å². The monoisotopic (exact) mass is 172 g/mol. The first kappa shape index (κ1) is 12.9. The third-order valence-corrected chi connectivity index (χ3v) is 0.629. The third-order valence-electron chi connectivity index (χ3n) is 0.629. The third kappa shape index (κ3) is 3.87. The van der Waals surface area contributed by atoms with E-state index in [0.29, 0.717) is 0 Å². The van der Waals surface area contributed by atoms with E-state index in [4.69, 9.17) is 20.4 Å². The van der Waals surface area contributed by atoms with Crippen molar-refractivity contribution in [3.8, 4) is 0 Å². The van der Waals surface area contributed by atoms with E-state index in [-0.39, 0.29) is 29.6 Å². The maximum absolute atomic E-state index is 9.71. The van der Waals surface area contributed by atoms with Crippen molar-refractivity contribution < 1.29 is 30.0 Å². The Morgan fingerprint density at radius 2 is 0.909 bits per heavy atom. The molecule has 0 amide bonds. The number of carboxylic acids is 2. The van der Waals surface area contributed by atoms with E-state index in [9.17, 15) is 9.59 Å². The summed E-state index contributed by atoms with van der Waals surface area (Å²) < 4.78 is 0. The molecule has 0 atom stereocenters. The molecule has 0 unspecified atom stereocenters. The Labute approximate surface area is 83.1 Å². The fourth-order valence-corrected chi connectivity index (χ4v) is 0.203. The van der Waals surface area contributed by atoms with Crippen LogP contribution in [-0.2, 0) is 9.59 Å². The summed E-state index contributed by atoms with van der Waals surface area (Å²) in [5.41, 5.74) is 0. The first-order chi connectivity index (χ1) is 4.46. The molecule has 0 rings (SSSR count). The molecule has 0 aliphatic carbocycles. The SMILES string of the molecule is O=C(O)/C(O)=C(\O)C(=O)O.[NaH]. The molecule has 0 fully saturated rings. The number of hydrogen-bond donors (Lipinski definition) is 4. The number of hydrogen-bond acceptors (Lipinski definition) is 4. The Morgan fingerprint density at radius 1 is 0.727 bits per heavy atom. The van der Waals surface area contributed by atoms with Crippen molar-refractivity contribution in [3.05, 3.63) is 11.5 Å². The molecule has 0 aliphatic heterocycles. The van der Waals surface area contributed by atoms with Crippen LogP contribution in [0, 0.1) is 0 Å². The Bertz CT molecular complexity index is 185. The summed E-state index contributed by atoms with van der Waals surface area (Å²) in [4.78, 5) is 19.4. The van der Waals surface area contributed by atoms with Gasteiger partial charge in [-0.3, -0.25) is 0 Å². The van der Waals surface area contributed by atoms with Gasteiger partial charge < -0.3 is 20.4 Å². The molecule has 7 heteroatoms. The van der Waals surface area contributed by atoms with Gasteiger partial charge in [-0.25, -0.2) is 9.59 Å². The van der Waals surface area contributed by atoms with Gasteiger partial charge in [-0.1, -0.05) is 0 Å². The van der Waals surface area contributed by atoms with Gasteiger partial charge in [0.15, 0.2) is 0 Å². The number of aliphatic hydroxyl groups is 2. The Morgan fingerprint density at radius 3 is 1.00 bits per heavy atom. The zero-order chi connectivity index (χ0) is 8.31. The molecular formula is C4H5NaO6. The van der Waals surface area contributed by atoms with E-state index in [1.54, 1.807) is 0 Å². The molecule has 0 spiro atoms. The Balaban J connectivity index is 0. The summed E-state index contributed by atoms with van der Waals surface area (Å²) >= 11 is 0. The van der Waals surface area contributed by atoms with Crippen molar-refractivity contribution >= 4 is 41.5 Å². The van der Waals surface area contributed by atoms with Crippen LogP contribution in [0.15, 0.2) is 11.5 Å². The molecule has 0 bridgehead atoms. The van der Waals surface area contributed by atoms with Crippen molar-refractivity contribution in [2.45, 2.75) is 0 Å². The van der Waals surface area contributed by atoms with Gasteiger partial charge in [0.2, 0.25) is 0 Å². The fourth-order valence-electron chi connectivity index (χ4n) is 0.203. The number of aliphatic carboxylic acids is 2. The fraction of sp³-hybridized carbons (Fsp3) is 0. The van der Waals surface area contributed by atoms with Crippen LogP contribution in [0.1, 0.15) is 0 Å². The number of rotatable bonds is 2. The van der Waals surface area contributed by atoms with E-state index in [1.807, 2.05) is 0 Å². The van der Waals surface area contributed by atoms with E-state index < -0.39 is 23.5 Å². The summed E-state index contributed by atoms with van der Waals surface area (Å²) in [6.07, 6.45) is 0. The summed E-state index contributed by atoms with van der Waals surface area (Å²) in [5.74, 6) is -6.93. The molecule has 0 heterocycles. The van der Waals surface area contributed by atoms with Gasteiger partial charge in [0.1, 0.15) is 0 Å². The molecular weight excluding hydrogens is 167 g/mol. The zero-order valence-electron chi connectivity index (χ0n) is 4.61. The van der Waals surface area contributed by atoms with Gasteiger partial charge in [0, 0.05) is 0 Å². The van der Waals surface area contributed by atoms with Gasteiger partial charge in [0.25, 0.3) is 11.5 Å². The van der Waals surface area contributed by atoms with Gasteiger partial charge in [-0.05, 0) is 0 Å². The quantitative estimate of drug-likeness (QED) is 0.237. The topological polar surface area (TPSA) is 115 Å². The molecule has 0 aromatic carbocycles. The second-order valence-electron chi connectivity index (χ2n) is 1.31. The van der Waals surface area contributed by atoms with Crippen molar-refractivity contribution in [2.24, 2.45) is 0 Å². The Hall–Kier alpha value is -0.720. The van der Waals surface area contributed by atoms with Crippen molar-refractivity contribution in [1.82, 2.24) is 0 Å². The van der Waals surface area contributed by atoms with E-state index in [2.05, 4.69) is 0 Å². The standard InChI is InChI=1S/C4H4O6.Na.H/c5-1(3(7)8)2(6)4(9)10;;/h5-6H,(H,7,8)(H,9,10);;/b2-1+;;. The molecule has 4 N–H and O–H groups in total. The second kappa shape index (κ2) is 5.00. The average molecular weight is 172 g/mol. The molecule has 58 valence electrons.